The predicted octanol–water partition coefficient (Wildman–Crippen LogP) is 3.72. The van der Waals surface area contributed by atoms with Crippen LogP contribution in [0, 0.1) is 11.8 Å². The van der Waals surface area contributed by atoms with Crippen molar-refractivity contribution in [2.24, 2.45) is 11.8 Å². The molecule has 2 rings (SSSR count). The van der Waals surface area contributed by atoms with E-state index in [1.807, 2.05) is 11.9 Å². The third-order valence-electron chi connectivity index (χ3n) is 5.56. The highest BCUT2D eigenvalue weighted by atomic mass is 16.2. The summed E-state index contributed by atoms with van der Waals surface area (Å²) in [5.74, 6) is 1.67. The average Bonchev–Trinajstić information content (AvgIpc) is 2.53. The van der Waals surface area contributed by atoms with E-state index in [2.05, 4.69) is 24.1 Å². The maximum absolute atomic E-state index is 12.2. The number of likely N-dealkylation sites (tertiary alicyclic amines) is 1. The Morgan fingerprint density at radius 1 is 1.09 bits per heavy atom. The van der Waals surface area contributed by atoms with Crippen LogP contribution >= 0.6 is 0 Å². The number of rotatable bonds is 6. The Hall–Kier alpha value is -0.770. The lowest BCUT2D eigenvalue weighted by Gasteiger charge is -2.35. The number of unbranched alkanes of at least 4 members (excludes halogenated alkanes) is 1. The average molecular weight is 324 g/mol. The molecule has 2 atom stereocenters. The highest BCUT2D eigenvalue weighted by Gasteiger charge is 2.22. The monoisotopic (exact) mass is 323 g/mol. The zero-order valence-electron chi connectivity index (χ0n) is 15.5. The van der Waals surface area contributed by atoms with Crippen molar-refractivity contribution in [1.29, 1.82) is 0 Å². The molecule has 2 amide bonds. The Morgan fingerprint density at radius 3 is 2.39 bits per heavy atom. The quantitative estimate of drug-likeness (QED) is 0.756. The molecule has 1 N–H and O–H groups in total. The first-order valence-electron chi connectivity index (χ1n) is 9.79. The van der Waals surface area contributed by atoms with Crippen molar-refractivity contribution in [2.45, 2.75) is 71.3 Å². The van der Waals surface area contributed by atoms with Crippen LogP contribution in [0.5, 0.6) is 0 Å². The first-order chi connectivity index (χ1) is 11.1. The molecule has 1 heterocycles. The molecule has 0 aromatic carbocycles. The van der Waals surface area contributed by atoms with Crippen molar-refractivity contribution in [2.75, 3.05) is 33.2 Å². The Labute approximate surface area is 143 Å². The topological polar surface area (TPSA) is 35.6 Å². The summed E-state index contributed by atoms with van der Waals surface area (Å²) < 4.78 is 0. The fourth-order valence-electron chi connectivity index (χ4n) is 4.39. The predicted molar refractivity (Wildman–Crippen MR) is 96.7 cm³/mol. The number of piperidine rings is 1. The van der Waals surface area contributed by atoms with Gasteiger partial charge in [-0.05, 0) is 50.5 Å². The molecule has 1 aliphatic heterocycles. The standard InChI is InChI=1S/C19H37N3O/c1-16-13-17(2)15-22(14-16)12-8-7-11-20-19(23)21(3)18-9-5-4-6-10-18/h16-18H,4-15H2,1-3H3,(H,20,23). The van der Waals surface area contributed by atoms with Gasteiger partial charge in [-0.2, -0.15) is 0 Å². The van der Waals surface area contributed by atoms with E-state index < -0.39 is 0 Å². The smallest absolute Gasteiger partial charge is 0.317 e. The van der Waals surface area contributed by atoms with Gasteiger partial charge in [-0.15, -0.1) is 0 Å². The zero-order chi connectivity index (χ0) is 16.7. The third-order valence-corrected chi connectivity index (χ3v) is 5.56. The highest BCUT2D eigenvalue weighted by molar-refractivity contribution is 5.74. The minimum absolute atomic E-state index is 0.122. The molecule has 1 saturated carbocycles. The van der Waals surface area contributed by atoms with Gasteiger partial charge in [-0.1, -0.05) is 33.1 Å². The van der Waals surface area contributed by atoms with Gasteiger partial charge in [0.25, 0.3) is 0 Å². The molecule has 4 heteroatoms. The van der Waals surface area contributed by atoms with Crippen LogP contribution in [0.15, 0.2) is 0 Å². The molecule has 23 heavy (non-hydrogen) atoms. The van der Waals surface area contributed by atoms with Gasteiger partial charge in [0.05, 0.1) is 0 Å². The van der Waals surface area contributed by atoms with Crippen LogP contribution < -0.4 is 5.32 Å². The molecule has 0 aromatic rings. The normalized spacial score (nSPS) is 26.9. The van der Waals surface area contributed by atoms with Crippen molar-refractivity contribution < 1.29 is 4.79 Å². The van der Waals surface area contributed by atoms with Gasteiger partial charge < -0.3 is 15.1 Å². The number of nitrogens with one attached hydrogen (secondary N) is 1. The summed E-state index contributed by atoms with van der Waals surface area (Å²) in [6, 6.07) is 0.581. The minimum atomic E-state index is 0.122. The Bertz CT molecular complexity index is 345. The van der Waals surface area contributed by atoms with Gasteiger partial charge in [0.15, 0.2) is 0 Å². The molecule has 0 spiro atoms. The molecule has 4 nitrogen and oxygen atoms in total. The highest BCUT2D eigenvalue weighted by Crippen LogP contribution is 2.22. The minimum Gasteiger partial charge on any atom is -0.338 e. The number of carbonyl (C=O) groups is 1. The Balaban J connectivity index is 1.55. The number of nitrogens with zero attached hydrogens (tertiary/aromatic N) is 2. The second kappa shape index (κ2) is 9.51. The number of hydrogen-bond acceptors (Lipinski definition) is 2. The third kappa shape index (κ3) is 6.33. The fourth-order valence-corrected chi connectivity index (χ4v) is 4.39. The maximum atomic E-state index is 12.2. The summed E-state index contributed by atoms with van der Waals surface area (Å²) in [6.45, 7) is 9.23. The zero-order valence-corrected chi connectivity index (χ0v) is 15.5. The van der Waals surface area contributed by atoms with E-state index in [1.165, 1.54) is 64.6 Å². The van der Waals surface area contributed by atoms with Crippen LogP contribution in [0.3, 0.4) is 0 Å². The van der Waals surface area contributed by atoms with E-state index >= 15 is 0 Å². The first kappa shape index (κ1) is 18.6. The Morgan fingerprint density at radius 2 is 1.74 bits per heavy atom. The molecule has 1 aliphatic carbocycles. The SMILES string of the molecule is CC1CC(C)CN(CCCCNC(=O)N(C)C2CCCCC2)C1. The van der Waals surface area contributed by atoms with Gasteiger partial charge >= 0.3 is 6.03 Å². The fraction of sp³-hybridized carbons (Fsp3) is 0.947. The summed E-state index contributed by atoms with van der Waals surface area (Å²) in [5, 5.41) is 3.10. The van der Waals surface area contributed by atoms with Crippen molar-refractivity contribution in [3.63, 3.8) is 0 Å². The molecular formula is C19H37N3O. The number of carbonyl (C=O) groups excluding carboxylic acids is 1. The summed E-state index contributed by atoms with van der Waals surface area (Å²) in [6.07, 6.45) is 9.88. The van der Waals surface area contributed by atoms with E-state index in [0.717, 1.165) is 24.8 Å². The van der Waals surface area contributed by atoms with Gasteiger partial charge in [0, 0.05) is 32.7 Å². The first-order valence-corrected chi connectivity index (χ1v) is 9.79. The van der Waals surface area contributed by atoms with E-state index in [4.69, 9.17) is 0 Å². The lowest BCUT2D eigenvalue weighted by Crippen LogP contribution is -2.44. The van der Waals surface area contributed by atoms with Crippen LogP contribution in [-0.4, -0.2) is 55.1 Å². The number of amides is 2. The van der Waals surface area contributed by atoms with Crippen LogP contribution in [0.4, 0.5) is 4.79 Å². The second-order valence-electron chi connectivity index (χ2n) is 8.05. The molecule has 2 aliphatic rings. The summed E-state index contributed by atoms with van der Waals surface area (Å²) >= 11 is 0. The molecule has 2 fully saturated rings. The molecule has 0 radical (unpaired) electrons. The van der Waals surface area contributed by atoms with E-state index in [-0.39, 0.29) is 6.03 Å². The summed E-state index contributed by atoms with van der Waals surface area (Å²) in [4.78, 5) is 16.7. The van der Waals surface area contributed by atoms with E-state index in [0.29, 0.717) is 6.04 Å². The van der Waals surface area contributed by atoms with Crippen LogP contribution in [0.2, 0.25) is 0 Å². The summed E-state index contributed by atoms with van der Waals surface area (Å²) in [7, 11) is 1.96. The lowest BCUT2D eigenvalue weighted by molar-refractivity contribution is 0.138. The number of urea groups is 1. The van der Waals surface area contributed by atoms with Crippen LogP contribution in [0.1, 0.15) is 65.2 Å². The molecule has 0 bridgehead atoms. The number of hydrogen-bond donors (Lipinski definition) is 1. The van der Waals surface area contributed by atoms with Crippen LogP contribution in [0.25, 0.3) is 0 Å². The lowest BCUT2D eigenvalue weighted by atomic mass is 9.92. The van der Waals surface area contributed by atoms with Crippen molar-refractivity contribution in [3.8, 4) is 0 Å². The van der Waals surface area contributed by atoms with Gasteiger partial charge in [0.2, 0.25) is 0 Å². The molecular weight excluding hydrogens is 286 g/mol. The molecule has 134 valence electrons. The second-order valence-corrected chi connectivity index (χ2v) is 8.05. The van der Waals surface area contributed by atoms with Crippen molar-refractivity contribution in [1.82, 2.24) is 15.1 Å². The van der Waals surface area contributed by atoms with E-state index in [9.17, 15) is 4.79 Å². The molecule has 2 unspecified atom stereocenters. The Kier molecular flexibility index (Phi) is 7.68. The van der Waals surface area contributed by atoms with Crippen molar-refractivity contribution in [3.05, 3.63) is 0 Å². The van der Waals surface area contributed by atoms with Gasteiger partial charge in [0.1, 0.15) is 0 Å². The summed E-state index contributed by atoms with van der Waals surface area (Å²) in [5.41, 5.74) is 0. The van der Waals surface area contributed by atoms with Gasteiger partial charge in [-0.25, -0.2) is 4.79 Å². The molecule has 1 saturated heterocycles. The molecule has 0 aromatic heterocycles. The van der Waals surface area contributed by atoms with Crippen LogP contribution in [-0.2, 0) is 0 Å². The van der Waals surface area contributed by atoms with Crippen molar-refractivity contribution >= 4 is 6.03 Å². The van der Waals surface area contributed by atoms with E-state index in [1.54, 1.807) is 0 Å². The maximum Gasteiger partial charge on any atom is 0.317 e. The largest absolute Gasteiger partial charge is 0.338 e. The van der Waals surface area contributed by atoms with Gasteiger partial charge in [-0.3, -0.25) is 0 Å².